The third-order valence-corrected chi connectivity index (χ3v) is 7.67. The molecule has 1 aliphatic heterocycles. The Hall–Kier alpha value is -3.99. The molecule has 228 valence electrons. The molecule has 0 spiro atoms. The SMILES string of the molecule is CC(C)N1CCN(c2cc(CC(=O)Cc3ccc(Oc4ccnc(NC(=O)C5CC5)c4)c(F)c3)cc(C(F)(F)F)c2)CC1. The molecule has 5 rings (SSSR count). The first-order chi connectivity index (χ1) is 20.4. The molecule has 1 aliphatic carbocycles. The van der Waals surface area contributed by atoms with Gasteiger partial charge in [0.15, 0.2) is 11.6 Å². The van der Waals surface area contributed by atoms with Crippen LogP contribution in [-0.2, 0) is 28.6 Å². The number of nitrogens with zero attached hydrogens (tertiary/aromatic N) is 3. The van der Waals surface area contributed by atoms with Crippen molar-refractivity contribution in [1.82, 2.24) is 9.88 Å². The third-order valence-electron chi connectivity index (χ3n) is 7.67. The number of amides is 1. The van der Waals surface area contributed by atoms with Crippen LogP contribution in [0.2, 0.25) is 0 Å². The number of alkyl halides is 3. The molecule has 1 aromatic heterocycles. The standard InChI is InChI=1S/C32H34F4N4O3/c1-20(2)39-9-11-40(12-10-39)25-14-22(13-24(18-25)32(34,35)36)16-26(41)15-21-3-6-29(28(33)17-21)43-27-7-8-37-30(19-27)38-31(42)23-4-5-23/h3,6-8,13-14,17-20,23H,4-5,9-12,15-16H2,1-2H3,(H,37,38,42). The molecule has 2 fully saturated rings. The largest absolute Gasteiger partial charge is 0.454 e. The van der Waals surface area contributed by atoms with Gasteiger partial charge >= 0.3 is 6.18 Å². The molecule has 2 aromatic carbocycles. The predicted molar refractivity (Wildman–Crippen MR) is 155 cm³/mol. The van der Waals surface area contributed by atoms with Crippen molar-refractivity contribution in [2.45, 2.75) is 51.7 Å². The van der Waals surface area contributed by atoms with Crippen molar-refractivity contribution in [2.24, 2.45) is 5.92 Å². The lowest BCUT2D eigenvalue weighted by atomic mass is 9.99. The normalized spacial score (nSPS) is 15.9. The van der Waals surface area contributed by atoms with Gasteiger partial charge in [-0.2, -0.15) is 13.2 Å². The van der Waals surface area contributed by atoms with E-state index in [0.29, 0.717) is 36.2 Å². The Morgan fingerprint density at radius 1 is 0.977 bits per heavy atom. The Kier molecular flexibility index (Phi) is 9.00. The van der Waals surface area contributed by atoms with Gasteiger partial charge in [0, 0.05) is 68.9 Å². The van der Waals surface area contributed by atoms with Gasteiger partial charge in [-0.1, -0.05) is 6.07 Å². The highest BCUT2D eigenvalue weighted by molar-refractivity contribution is 5.93. The van der Waals surface area contributed by atoms with Crippen LogP contribution in [0, 0.1) is 11.7 Å². The number of pyridine rings is 1. The van der Waals surface area contributed by atoms with E-state index < -0.39 is 17.6 Å². The Balaban J connectivity index is 1.23. The molecule has 11 heteroatoms. The minimum Gasteiger partial charge on any atom is -0.454 e. The van der Waals surface area contributed by atoms with E-state index >= 15 is 0 Å². The van der Waals surface area contributed by atoms with E-state index in [1.807, 2.05) is 4.90 Å². The van der Waals surface area contributed by atoms with E-state index in [-0.39, 0.29) is 47.5 Å². The number of anilines is 2. The topological polar surface area (TPSA) is 74.8 Å². The summed E-state index contributed by atoms with van der Waals surface area (Å²) < 4.78 is 61.7. The predicted octanol–water partition coefficient (Wildman–Crippen LogP) is 6.27. The van der Waals surface area contributed by atoms with Crippen molar-refractivity contribution in [3.63, 3.8) is 0 Å². The number of halogens is 4. The molecule has 0 unspecified atom stereocenters. The number of ether oxygens (including phenoxy) is 1. The zero-order chi connectivity index (χ0) is 30.7. The number of aromatic nitrogens is 1. The number of rotatable bonds is 10. The van der Waals surface area contributed by atoms with Gasteiger partial charge in [-0.25, -0.2) is 9.37 Å². The van der Waals surface area contributed by atoms with Gasteiger partial charge in [0.05, 0.1) is 5.56 Å². The van der Waals surface area contributed by atoms with Gasteiger partial charge < -0.3 is 15.0 Å². The Morgan fingerprint density at radius 2 is 1.70 bits per heavy atom. The lowest BCUT2D eigenvalue weighted by Crippen LogP contribution is -2.49. The first-order valence-corrected chi connectivity index (χ1v) is 14.4. The summed E-state index contributed by atoms with van der Waals surface area (Å²) in [6.07, 6.45) is -1.78. The minimum atomic E-state index is -4.55. The first-order valence-electron chi connectivity index (χ1n) is 14.4. The molecule has 0 bridgehead atoms. The van der Waals surface area contributed by atoms with Gasteiger partial charge in [0.1, 0.15) is 17.4 Å². The van der Waals surface area contributed by atoms with Gasteiger partial charge in [0.2, 0.25) is 5.91 Å². The zero-order valence-corrected chi connectivity index (χ0v) is 24.1. The molecule has 43 heavy (non-hydrogen) atoms. The molecule has 7 nitrogen and oxygen atoms in total. The third kappa shape index (κ3) is 8.10. The van der Waals surface area contributed by atoms with Gasteiger partial charge in [-0.3, -0.25) is 14.5 Å². The van der Waals surface area contributed by atoms with Gasteiger partial charge in [0.25, 0.3) is 0 Å². The van der Waals surface area contributed by atoms with Crippen molar-refractivity contribution in [2.75, 3.05) is 36.4 Å². The smallest absolute Gasteiger partial charge is 0.416 e. The molecule has 2 heterocycles. The number of carbonyl (C=O) groups excluding carboxylic acids is 2. The lowest BCUT2D eigenvalue weighted by molar-refractivity contribution is -0.137. The average molecular weight is 599 g/mol. The summed E-state index contributed by atoms with van der Waals surface area (Å²) in [6, 6.07) is 11.3. The Bertz CT molecular complexity index is 1480. The van der Waals surface area contributed by atoms with Crippen molar-refractivity contribution in [1.29, 1.82) is 0 Å². The summed E-state index contributed by atoms with van der Waals surface area (Å²) in [5.74, 6) is -0.666. The second-order valence-electron chi connectivity index (χ2n) is 11.4. The van der Waals surface area contributed by atoms with Crippen LogP contribution in [-0.4, -0.2) is 53.8 Å². The highest BCUT2D eigenvalue weighted by atomic mass is 19.4. The minimum absolute atomic E-state index is 0.000394. The van der Waals surface area contributed by atoms with Crippen LogP contribution in [0.4, 0.5) is 29.1 Å². The fraction of sp³-hybridized carbons (Fsp3) is 0.406. The molecule has 0 radical (unpaired) electrons. The Morgan fingerprint density at radius 3 is 2.35 bits per heavy atom. The zero-order valence-electron chi connectivity index (χ0n) is 24.1. The van der Waals surface area contributed by atoms with E-state index in [4.69, 9.17) is 4.74 Å². The van der Waals surface area contributed by atoms with Crippen LogP contribution in [0.15, 0.2) is 54.7 Å². The lowest BCUT2D eigenvalue weighted by Gasteiger charge is -2.38. The molecule has 3 aromatic rings. The number of carbonyl (C=O) groups is 2. The number of hydrogen-bond acceptors (Lipinski definition) is 6. The molecular formula is C32H34F4N4O3. The monoisotopic (exact) mass is 598 g/mol. The van der Waals surface area contributed by atoms with E-state index in [2.05, 4.69) is 29.0 Å². The first kappa shape index (κ1) is 30.5. The number of nitrogens with one attached hydrogen (secondary N) is 1. The highest BCUT2D eigenvalue weighted by Gasteiger charge is 2.32. The van der Waals surface area contributed by atoms with Crippen LogP contribution in [0.25, 0.3) is 0 Å². The fourth-order valence-corrected chi connectivity index (χ4v) is 5.12. The average Bonchev–Trinajstić information content (AvgIpc) is 3.80. The summed E-state index contributed by atoms with van der Waals surface area (Å²) in [6.45, 7) is 6.85. The molecule has 2 aliphatic rings. The van der Waals surface area contributed by atoms with E-state index in [0.717, 1.165) is 38.1 Å². The number of piperazine rings is 1. The highest BCUT2D eigenvalue weighted by Crippen LogP contribution is 2.34. The summed E-state index contributed by atoms with van der Waals surface area (Å²) in [5, 5.41) is 2.71. The maximum Gasteiger partial charge on any atom is 0.416 e. The van der Waals surface area contributed by atoms with Crippen LogP contribution in [0.5, 0.6) is 11.5 Å². The Labute approximate surface area is 247 Å². The van der Waals surface area contributed by atoms with Gasteiger partial charge in [-0.05, 0) is 74.2 Å². The molecule has 0 atom stereocenters. The van der Waals surface area contributed by atoms with E-state index in [9.17, 15) is 27.2 Å². The second-order valence-corrected chi connectivity index (χ2v) is 11.4. The van der Waals surface area contributed by atoms with Crippen LogP contribution < -0.4 is 15.0 Å². The van der Waals surface area contributed by atoms with E-state index in [1.54, 1.807) is 12.1 Å². The number of hydrogen-bond donors (Lipinski definition) is 1. The molecule has 1 N–H and O–H groups in total. The molecule has 1 saturated heterocycles. The molecule has 1 amide bonds. The number of benzene rings is 2. The molecule has 1 saturated carbocycles. The van der Waals surface area contributed by atoms with Gasteiger partial charge in [-0.15, -0.1) is 0 Å². The molecular weight excluding hydrogens is 564 g/mol. The fourth-order valence-electron chi connectivity index (χ4n) is 5.12. The maximum absolute atomic E-state index is 14.9. The van der Waals surface area contributed by atoms with Crippen molar-refractivity contribution >= 4 is 23.2 Å². The summed E-state index contributed by atoms with van der Waals surface area (Å²) in [5.41, 5.74) is 0.292. The number of Topliss-reactive ketones (excluding diaryl/α,β-unsaturated/α-hetero) is 1. The number of ketones is 1. The summed E-state index contributed by atoms with van der Waals surface area (Å²) in [4.78, 5) is 33.2. The maximum atomic E-state index is 14.9. The van der Waals surface area contributed by atoms with E-state index in [1.165, 1.54) is 30.5 Å². The van der Waals surface area contributed by atoms with Crippen LogP contribution >= 0.6 is 0 Å². The van der Waals surface area contributed by atoms with Crippen LogP contribution in [0.1, 0.15) is 43.4 Å². The summed E-state index contributed by atoms with van der Waals surface area (Å²) in [7, 11) is 0. The second kappa shape index (κ2) is 12.7. The van der Waals surface area contributed by atoms with Crippen molar-refractivity contribution in [3.8, 4) is 11.5 Å². The van der Waals surface area contributed by atoms with Crippen molar-refractivity contribution in [3.05, 3.63) is 77.2 Å². The summed E-state index contributed by atoms with van der Waals surface area (Å²) >= 11 is 0. The van der Waals surface area contributed by atoms with Crippen LogP contribution in [0.3, 0.4) is 0 Å². The quantitative estimate of drug-likeness (QED) is 0.278. The van der Waals surface area contributed by atoms with Crippen molar-refractivity contribution < 1.29 is 31.9 Å².